The topological polar surface area (TPSA) is 52.4 Å². The lowest BCUT2D eigenvalue weighted by Gasteiger charge is -2.06. The molecule has 0 saturated heterocycles. The molecule has 0 spiro atoms. The molecule has 0 fully saturated rings. The molecule has 0 aromatic heterocycles. The molecule has 4 nitrogen and oxygen atoms in total. The Kier molecular flexibility index (Phi) is 3.51. The molecule has 1 rings (SSSR count). The fourth-order valence-corrected chi connectivity index (χ4v) is 1.29. The number of halogens is 4. The average molecular weight is 286 g/mol. The monoisotopic (exact) mass is 285 g/mol. The molecule has 0 aliphatic carbocycles. The molecule has 0 aliphatic rings. The zero-order chi connectivity index (χ0) is 11.6. The Bertz CT molecular complexity index is 399. The lowest BCUT2D eigenvalue weighted by atomic mass is 10.3. The number of alkyl halides is 2. The molecule has 0 bridgehead atoms. The second kappa shape index (κ2) is 4.47. The number of ether oxygens (including phenoxy) is 1. The molecule has 0 saturated carbocycles. The Labute approximate surface area is 89.9 Å². The quantitative estimate of drug-likeness (QED) is 0.633. The van der Waals surface area contributed by atoms with Crippen LogP contribution in [0.5, 0.6) is 5.75 Å². The van der Waals surface area contributed by atoms with Crippen LogP contribution in [0.25, 0.3) is 0 Å². The van der Waals surface area contributed by atoms with Gasteiger partial charge in [-0.2, -0.15) is 13.2 Å². The van der Waals surface area contributed by atoms with Gasteiger partial charge >= 0.3 is 12.3 Å². The normalized spacial score (nSPS) is 10.5. The van der Waals surface area contributed by atoms with Gasteiger partial charge in [-0.05, 0) is 6.07 Å². The number of nitro benzene ring substituents is 1. The number of hydrogen-bond acceptors (Lipinski definition) is 3. The van der Waals surface area contributed by atoms with Crippen LogP contribution in [0.2, 0.25) is 0 Å². The van der Waals surface area contributed by atoms with Gasteiger partial charge in [-0.1, -0.05) is 15.9 Å². The summed E-state index contributed by atoms with van der Waals surface area (Å²) in [5.41, 5.74) is -0.931. The first-order valence-electron chi connectivity index (χ1n) is 3.50. The number of benzene rings is 1. The van der Waals surface area contributed by atoms with Crippen molar-refractivity contribution in [3.05, 3.63) is 32.5 Å². The van der Waals surface area contributed by atoms with Crippen LogP contribution in [0.15, 0.2) is 16.6 Å². The van der Waals surface area contributed by atoms with Gasteiger partial charge < -0.3 is 4.74 Å². The first-order chi connectivity index (χ1) is 6.91. The van der Waals surface area contributed by atoms with Crippen LogP contribution in [0.3, 0.4) is 0 Å². The lowest BCUT2D eigenvalue weighted by Crippen LogP contribution is -2.05. The molecule has 0 heterocycles. The van der Waals surface area contributed by atoms with Crippen molar-refractivity contribution in [3.63, 3.8) is 0 Å². The summed E-state index contributed by atoms with van der Waals surface area (Å²) in [6.07, 6.45) is 0. The van der Waals surface area contributed by atoms with Gasteiger partial charge in [0.05, 0.1) is 4.92 Å². The van der Waals surface area contributed by atoms with Crippen molar-refractivity contribution in [1.82, 2.24) is 0 Å². The van der Waals surface area contributed by atoms with Crippen LogP contribution < -0.4 is 4.74 Å². The van der Waals surface area contributed by atoms with Crippen molar-refractivity contribution in [2.24, 2.45) is 0 Å². The maximum Gasteiger partial charge on any atom is 0.387 e. The molecule has 0 radical (unpaired) electrons. The second-order valence-corrected chi connectivity index (χ2v) is 3.29. The van der Waals surface area contributed by atoms with Crippen LogP contribution in [0.1, 0.15) is 0 Å². The highest BCUT2D eigenvalue weighted by atomic mass is 79.9. The van der Waals surface area contributed by atoms with Crippen molar-refractivity contribution in [2.75, 3.05) is 0 Å². The fourth-order valence-electron chi connectivity index (χ4n) is 0.865. The molecule has 1 aromatic rings. The number of hydrogen-bond donors (Lipinski definition) is 0. The third-order valence-corrected chi connectivity index (χ3v) is 1.86. The molecule has 0 unspecified atom stereocenters. The largest absolute Gasteiger partial charge is 0.431 e. The Morgan fingerprint density at radius 2 is 2.07 bits per heavy atom. The molecule has 82 valence electrons. The van der Waals surface area contributed by atoms with Crippen LogP contribution in [0.4, 0.5) is 18.9 Å². The van der Waals surface area contributed by atoms with E-state index in [1.807, 2.05) is 0 Å². The van der Waals surface area contributed by atoms with E-state index < -0.39 is 28.8 Å². The van der Waals surface area contributed by atoms with Crippen LogP contribution in [-0.2, 0) is 0 Å². The van der Waals surface area contributed by atoms with Gasteiger partial charge in [0.1, 0.15) is 0 Å². The smallest absolute Gasteiger partial charge is 0.387 e. The number of nitro groups is 1. The van der Waals surface area contributed by atoms with Crippen LogP contribution >= 0.6 is 15.9 Å². The molecule has 0 amide bonds. The average Bonchev–Trinajstić information content (AvgIpc) is 2.09. The van der Waals surface area contributed by atoms with Gasteiger partial charge in [0.2, 0.25) is 5.82 Å². The van der Waals surface area contributed by atoms with E-state index in [1.54, 1.807) is 0 Å². The Balaban J connectivity index is 3.22. The summed E-state index contributed by atoms with van der Waals surface area (Å²) in [5.74, 6) is -2.30. The number of rotatable bonds is 3. The van der Waals surface area contributed by atoms with Gasteiger partial charge in [0.25, 0.3) is 0 Å². The van der Waals surface area contributed by atoms with Crippen molar-refractivity contribution in [3.8, 4) is 5.75 Å². The first kappa shape index (κ1) is 11.8. The second-order valence-electron chi connectivity index (χ2n) is 2.37. The third-order valence-electron chi connectivity index (χ3n) is 1.40. The first-order valence-corrected chi connectivity index (χ1v) is 4.29. The summed E-state index contributed by atoms with van der Waals surface area (Å²) in [7, 11) is 0. The highest BCUT2D eigenvalue weighted by Crippen LogP contribution is 2.31. The van der Waals surface area contributed by atoms with Gasteiger partial charge in [0, 0.05) is 10.5 Å². The standard InChI is InChI=1S/C7H3BrF3NO3/c8-3-1-4(12(13)14)6(9)5(2-3)15-7(10)11/h1-2,7H. The van der Waals surface area contributed by atoms with Gasteiger partial charge in [-0.3, -0.25) is 10.1 Å². The highest BCUT2D eigenvalue weighted by Gasteiger charge is 2.22. The number of nitrogens with zero attached hydrogens (tertiary/aromatic N) is 1. The van der Waals surface area contributed by atoms with Crippen LogP contribution in [0, 0.1) is 15.9 Å². The zero-order valence-corrected chi connectivity index (χ0v) is 8.50. The Hall–Kier alpha value is -1.31. The predicted octanol–water partition coefficient (Wildman–Crippen LogP) is 3.10. The van der Waals surface area contributed by atoms with E-state index in [0.29, 0.717) is 0 Å². The Morgan fingerprint density at radius 1 is 1.47 bits per heavy atom. The minimum atomic E-state index is -3.24. The van der Waals surface area contributed by atoms with Gasteiger partial charge in [0.15, 0.2) is 5.75 Å². The third kappa shape index (κ3) is 2.82. The Morgan fingerprint density at radius 3 is 2.53 bits per heavy atom. The molecule has 0 atom stereocenters. The van der Waals surface area contributed by atoms with Gasteiger partial charge in [-0.15, -0.1) is 0 Å². The fraction of sp³-hybridized carbons (Fsp3) is 0.143. The predicted molar refractivity (Wildman–Crippen MR) is 47.4 cm³/mol. The molecule has 0 N–H and O–H groups in total. The molecular formula is C7H3BrF3NO3. The van der Waals surface area contributed by atoms with E-state index in [1.165, 1.54) is 0 Å². The maximum atomic E-state index is 13.1. The molecule has 1 aromatic carbocycles. The van der Waals surface area contributed by atoms with Crippen molar-refractivity contribution in [1.29, 1.82) is 0 Å². The van der Waals surface area contributed by atoms with E-state index in [0.717, 1.165) is 12.1 Å². The summed E-state index contributed by atoms with van der Waals surface area (Å²) < 4.78 is 40.6. The van der Waals surface area contributed by atoms with E-state index in [9.17, 15) is 23.3 Å². The molecule has 15 heavy (non-hydrogen) atoms. The molecular weight excluding hydrogens is 283 g/mol. The highest BCUT2D eigenvalue weighted by molar-refractivity contribution is 9.10. The van der Waals surface area contributed by atoms with Crippen molar-refractivity contribution in [2.45, 2.75) is 6.61 Å². The van der Waals surface area contributed by atoms with E-state index >= 15 is 0 Å². The van der Waals surface area contributed by atoms with Crippen molar-refractivity contribution >= 4 is 21.6 Å². The lowest BCUT2D eigenvalue weighted by molar-refractivity contribution is -0.387. The zero-order valence-electron chi connectivity index (χ0n) is 6.92. The minimum absolute atomic E-state index is 0.0752. The maximum absolute atomic E-state index is 13.1. The summed E-state index contributed by atoms with van der Waals surface area (Å²) in [6.45, 7) is -3.24. The molecule has 8 heteroatoms. The summed E-state index contributed by atoms with van der Waals surface area (Å²) in [5, 5.41) is 10.3. The van der Waals surface area contributed by atoms with E-state index in [-0.39, 0.29) is 4.47 Å². The van der Waals surface area contributed by atoms with Gasteiger partial charge in [-0.25, -0.2) is 0 Å². The van der Waals surface area contributed by atoms with Crippen molar-refractivity contribution < 1.29 is 22.8 Å². The van der Waals surface area contributed by atoms with E-state index in [4.69, 9.17) is 0 Å². The SMILES string of the molecule is O=[N+]([O-])c1cc(Br)cc(OC(F)F)c1F. The van der Waals surface area contributed by atoms with E-state index in [2.05, 4.69) is 20.7 Å². The molecule has 0 aliphatic heterocycles. The minimum Gasteiger partial charge on any atom is -0.431 e. The summed E-state index contributed by atoms with van der Waals surface area (Å²) in [6, 6.07) is 1.74. The summed E-state index contributed by atoms with van der Waals surface area (Å²) in [4.78, 5) is 9.28. The summed E-state index contributed by atoms with van der Waals surface area (Å²) >= 11 is 2.81. The van der Waals surface area contributed by atoms with Crippen LogP contribution in [-0.4, -0.2) is 11.5 Å².